The molecule has 0 bridgehead atoms. The average molecular weight is 394 g/mol. The predicted molar refractivity (Wildman–Crippen MR) is 102 cm³/mol. The largest absolute Gasteiger partial charge is 0.410 e. The molecule has 1 fully saturated rings. The molecule has 2 aromatic heterocycles. The molecule has 0 aromatic carbocycles. The maximum atomic E-state index is 11.9. The molecule has 148 valence electrons. The van der Waals surface area contributed by atoms with Crippen LogP contribution in [-0.4, -0.2) is 57.5 Å². The summed E-state index contributed by atoms with van der Waals surface area (Å²) in [7, 11) is -2.19. The first-order chi connectivity index (χ1) is 12.5. The van der Waals surface area contributed by atoms with Crippen LogP contribution in [0.5, 0.6) is 0 Å². The van der Waals surface area contributed by atoms with E-state index in [1.807, 2.05) is 0 Å². The Hall–Kier alpha value is -1.88. The molecule has 3 rings (SSSR count). The van der Waals surface area contributed by atoms with E-state index in [4.69, 9.17) is 14.9 Å². The number of ether oxygens (including phenoxy) is 1. The van der Waals surface area contributed by atoms with Gasteiger partial charge in [-0.05, 0) is 18.1 Å². The summed E-state index contributed by atoms with van der Waals surface area (Å²) in [6.07, 6.45) is 2.82. The molecule has 1 aliphatic rings. The number of hydrogen-bond acceptors (Lipinski definition) is 8. The Morgan fingerprint density at radius 1 is 1.44 bits per heavy atom. The molecule has 10 heteroatoms. The lowest BCUT2D eigenvalue weighted by atomic mass is 10.00. The van der Waals surface area contributed by atoms with E-state index in [0.717, 1.165) is 0 Å². The van der Waals surface area contributed by atoms with Crippen molar-refractivity contribution in [2.24, 2.45) is 0 Å². The van der Waals surface area contributed by atoms with E-state index in [1.54, 1.807) is 10.9 Å². The second-order valence-corrected chi connectivity index (χ2v) is 13.2. The fraction of sp³-hybridized carbons (Fsp3) is 0.647. The number of fused-ring (bicyclic) bond motifs is 1. The van der Waals surface area contributed by atoms with Gasteiger partial charge in [-0.1, -0.05) is 20.8 Å². The molecule has 3 heterocycles. The topological polar surface area (TPSA) is 125 Å². The third-order valence-corrected chi connectivity index (χ3v) is 10.2. The van der Waals surface area contributed by atoms with E-state index < -0.39 is 32.9 Å². The molecule has 27 heavy (non-hydrogen) atoms. The Kier molecular flexibility index (Phi) is 4.87. The van der Waals surface area contributed by atoms with Crippen molar-refractivity contribution in [3.8, 4) is 0 Å². The molecule has 1 saturated heterocycles. The number of rotatable bonds is 5. The Morgan fingerprint density at radius 2 is 2.15 bits per heavy atom. The van der Waals surface area contributed by atoms with Crippen LogP contribution in [-0.2, 0) is 14.0 Å². The normalized spacial score (nSPS) is 26.6. The van der Waals surface area contributed by atoms with Crippen molar-refractivity contribution in [3.63, 3.8) is 0 Å². The van der Waals surface area contributed by atoms with Gasteiger partial charge in [-0.2, -0.15) is 0 Å². The smallest absolute Gasteiger partial charge is 0.192 e. The quantitative estimate of drug-likeness (QED) is 0.580. The van der Waals surface area contributed by atoms with Crippen molar-refractivity contribution in [1.29, 1.82) is 0 Å². The van der Waals surface area contributed by atoms with Crippen LogP contribution in [0.1, 0.15) is 33.4 Å². The Bertz CT molecular complexity index is 849. The van der Waals surface area contributed by atoms with Crippen molar-refractivity contribution in [3.05, 3.63) is 12.7 Å². The number of carbonyl (C=O) groups excluding carboxylic acids is 1. The first-order valence-corrected chi connectivity index (χ1v) is 11.8. The van der Waals surface area contributed by atoms with Crippen molar-refractivity contribution in [2.75, 3.05) is 12.3 Å². The number of aromatic nitrogens is 4. The summed E-state index contributed by atoms with van der Waals surface area (Å²) < 4.78 is 14.2. The first-order valence-electron chi connectivity index (χ1n) is 8.90. The van der Waals surface area contributed by atoms with Crippen LogP contribution in [0.15, 0.2) is 12.7 Å². The summed E-state index contributed by atoms with van der Waals surface area (Å²) in [6, 6.07) is 0. The number of carbonyl (C=O) groups is 1. The molecule has 1 aliphatic heterocycles. The SMILES string of the molecule is CC(C)(C)[Si](C)(C)O[C@H]1C[C@H](n2cnc3c(N)ncnc32)O[C@]1(C=O)CO. The highest BCUT2D eigenvalue weighted by molar-refractivity contribution is 6.74. The predicted octanol–water partition coefficient (Wildman–Crippen LogP) is 1.65. The van der Waals surface area contributed by atoms with E-state index in [-0.39, 0.29) is 10.9 Å². The number of nitrogens with zero attached hydrogens (tertiary/aromatic N) is 4. The Labute approximate surface area is 159 Å². The molecular formula is C17H27N5O4Si. The van der Waals surface area contributed by atoms with E-state index in [0.29, 0.717) is 23.9 Å². The number of aliphatic hydroxyl groups is 1. The van der Waals surface area contributed by atoms with Gasteiger partial charge in [0.2, 0.25) is 0 Å². The average Bonchev–Trinajstić information content (AvgIpc) is 3.16. The van der Waals surface area contributed by atoms with Crippen LogP contribution in [0.3, 0.4) is 0 Å². The molecule has 0 radical (unpaired) electrons. The number of aldehydes is 1. The van der Waals surface area contributed by atoms with E-state index in [1.165, 1.54) is 6.33 Å². The number of hydrogen-bond donors (Lipinski definition) is 2. The second kappa shape index (κ2) is 6.62. The van der Waals surface area contributed by atoms with Crippen LogP contribution in [0.2, 0.25) is 18.1 Å². The van der Waals surface area contributed by atoms with Crippen molar-refractivity contribution in [1.82, 2.24) is 19.5 Å². The number of aliphatic hydroxyl groups excluding tert-OH is 1. The van der Waals surface area contributed by atoms with Crippen LogP contribution in [0.4, 0.5) is 5.82 Å². The van der Waals surface area contributed by atoms with Gasteiger partial charge in [-0.3, -0.25) is 9.36 Å². The van der Waals surface area contributed by atoms with Crippen LogP contribution in [0, 0.1) is 0 Å². The van der Waals surface area contributed by atoms with Gasteiger partial charge >= 0.3 is 0 Å². The molecule has 9 nitrogen and oxygen atoms in total. The lowest BCUT2D eigenvalue weighted by Gasteiger charge is -2.40. The minimum atomic E-state index is -2.19. The van der Waals surface area contributed by atoms with Crippen LogP contribution < -0.4 is 5.73 Å². The summed E-state index contributed by atoms with van der Waals surface area (Å²) in [5, 5.41) is 9.92. The Balaban J connectivity index is 1.96. The molecule has 0 spiro atoms. The molecule has 0 saturated carbocycles. The summed E-state index contributed by atoms with van der Waals surface area (Å²) in [4.78, 5) is 24.3. The maximum absolute atomic E-state index is 11.9. The maximum Gasteiger partial charge on any atom is 0.192 e. The summed E-state index contributed by atoms with van der Waals surface area (Å²) in [5.74, 6) is 0.273. The zero-order valence-electron chi connectivity index (χ0n) is 16.3. The number of nitrogen functional groups attached to an aromatic ring is 1. The highest BCUT2D eigenvalue weighted by Gasteiger charge is 2.53. The van der Waals surface area contributed by atoms with Gasteiger partial charge in [-0.15, -0.1) is 0 Å². The van der Waals surface area contributed by atoms with Gasteiger partial charge in [-0.25, -0.2) is 15.0 Å². The third-order valence-electron chi connectivity index (χ3n) is 5.70. The molecule has 3 atom stereocenters. The second-order valence-electron chi connectivity index (χ2n) is 8.49. The van der Waals surface area contributed by atoms with Crippen LogP contribution >= 0.6 is 0 Å². The molecule has 2 aromatic rings. The molecule has 0 amide bonds. The lowest BCUT2D eigenvalue weighted by molar-refractivity contribution is -0.150. The van der Waals surface area contributed by atoms with E-state index >= 15 is 0 Å². The number of nitrogens with two attached hydrogens (primary N) is 1. The van der Waals surface area contributed by atoms with Gasteiger partial charge in [0, 0.05) is 6.42 Å². The fourth-order valence-corrected chi connectivity index (χ4v) is 4.33. The molecule has 0 unspecified atom stereocenters. The minimum Gasteiger partial charge on any atom is -0.410 e. The highest BCUT2D eigenvalue weighted by atomic mass is 28.4. The summed E-state index contributed by atoms with van der Waals surface area (Å²) in [5.41, 5.74) is 5.41. The van der Waals surface area contributed by atoms with E-state index in [9.17, 15) is 9.90 Å². The van der Waals surface area contributed by atoms with Gasteiger partial charge in [0.05, 0.1) is 19.0 Å². The van der Waals surface area contributed by atoms with E-state index in [2.05, 4.69) is 48.8 Å². The Morgan fingerprint density at radius 3 is 2.74 bits per heavy atom. The minimum absolute atomic E-state index is 0.0431. The van der Waals surface area contributed by atoms with Gasteiger partial charge < -0.3 is 20.0 Å². The van der Waals surface area contributed by atoms with Gasteiger partial charge in [0.25, 0.3) is 0 Å². The molecular weight excluding hydrogens is 366 g/mol. The molecule has 0 aliphatic carbocycles. The first kappa shape index (κ1) is 19.9. The third kappa shape index (κ3) is 3.26. The van der Waals surface area contributed by atoms with Crippen molar-refractivity contribution >= 4 is 31.6 Å². The zero-order chi connectivity index (χ0) is 20.0. The van der Waals surface area contributed by atoms with Gasteiger partial charge in [0.15, 0.2) is 31.7 Å². The molecule has 3 N–H and O–H groups in total. The van der Waals surface area contributed by atoms with Crippen molar-refractivity contribution in [2.45, 2.75) is 63.3 Å². The van der Waals surface area contributed by atoms with Gasteiger partial charge in [0.1, 0.15) is 18.1 Å². The fourth-order valence-electron chi connectivity index (χ4n) is 2.97. The summed E-state index contributed by atoms with van der Waals surface area (Å²) in [6.45, 7) is 10.1. The zero-order valence-corrected chi connectivity index (χ0v) is 17.3. The number of anilines is 1. The lowest BCUT2D eigenvalue weighted by Crippen LogP contribution is -2.53. The highest BCUT2D eigenvalue weighted by Crippen LogP contribution is 2.44. The summed E-state index contributed by atoms with van der Waals surface area (Å²) >= 11 is 0. The standard InChI is InChI=1S/C17H27N5O4Si/c1-16(2,3)27(4,5)26-11-6-12(25-17(11,7-23)8-24)22-10-21-13-14(18)19-9-20-15(13)22/h7,9-12,24H,6,8H2,1-5H3,(H2,18,19,20)/t11-,12+,17+/m0/s1. The van der Waals surface area contributed by atoms with Crippen molar-refractivity contribution < 1.29 is 19.1 Å². The number of imidazole rings is 1. The monoisotopic (exact) mass is 393 g/mol. The van der Waals surface area contributed by atoms with Crippen LogP contribution in [0.25, 0.3) is 11.2 Å².